The first-order valence-electron chi connectivity index (χ1n) is 8.97. The molecule has 2 aromatic rings. The number of amides is 1. The van der Waals surface area contributed by atoms with Crippen LogP contribution in [0.3, 0.4) is 0 Å². The van der Waals surface area contributed by atoms with Gasteiger partial charge in [0.2, 0.25) is 0 Å². The largest absolute Gasteiger partial charge is 0.414 e. The molecule has 0 saturated carbocycles. The Morgan fingerprint density at radius 3 is 2.15 bits per heavy atom. The lowest BCUT2D eigenvalue weighted by Crippen LogP contribution is -2.43. The van der Waals surface area contributed by atoms with Crippen LogP contribution in [0.2, 0.25) is 18.1 Å². The third-order valence-corrected chi connectivity index (χ3v) is 11.5. The molecule has 0 aliphatic carbocycles. The maximum atomic E-state index is 12.9. The van der Waals surface area contributed by atoms with Gasteiger partial charge in [0, 0.05) is 7.14 Å². The highest BCUT2D eigenvalue weighted by Crippen LogP contribution is 2.37. The number of benzene rings is 2. The summed E-state index contributed by atoms with van der Waals surface area (Å²) in [5.41, 5.74) is 1.79. The molecule has 1 unspecified atom stereocenters. The van der Waals surface area contributed by atoms with Crippen molar-refractivity contribution in [3.63, 3.8) is 0 Å². The summed E-state index contributed by atoms with van der Waals surface area (Å²) in [6.45, 7) is 11.6. The number of rotatable bonds is 6. The van der Waals surface area contributed by atoms with Gasteiger partial charge in [0.25, 0.3) is 5.91 Å². The molecule has 2 rings (SSSR count). The molecule has 0 aliphatic heterocycles. The molecular formula is C21H27I2NO2Si. The number of carbonyl (C=O) groups is 1. The molecule has 0 aromatic heterocycles. The summed E-state index contributed by atoms with van der Waals surface area (Å²) in [5, 5.41) is 3.33. The lowest BCUT2D eigenvalue weighted by molar-refractivity contribution is 0.0917. The van der Waals surface area contributed by atoms with E-state index >= 15 is 0 Å². The fourth-order valence-corrected chi connectivity index (χ4v) is 4.77. The maximum Gasteiger partial charge on any atom is 0.252 e. The highest BCUT2D eigenvalue weighted by Gasteiger charge is 2.38. The Morgan fingerprint density at radius 1 is 1.04 bits per heavy atom. The lowest BCUT2D eigenvalue weighted by Gasteiger charge is -2.37. The second-order valence-electron chi connectivity index (χ2n) is 8.10. The van der Waals surface area contributed by atoms with Crippen LogP contribution in [0.1, 0.15) is 42.7 Å². The summed E-state index contributed by atoms with van der Waals surface area (Å²) in [5.74, 6) is -0.0662. The molecule has 146 valence electrons. The van der Waals surface area contributed by atoms with Gasteiger partial charge in [0.15, 0.2) is 8.32 Å². The number of carbonyl (C=O) groups excluding carboxylic acids is 1. The molecule has 2 aromatic carbocycles. The van der Waals surface area contributed by atoms with Crippen LogP contribution in [-0.2, 0) is 4.43 Å². The zero-order valence-electron chi connectivity index (χ0n) is 16.5. The molecule has 0 heterocycles. The van der Waals surface area contributed by atoms with E-state index in [1.165, 1.54) is 0 Å². The van der Waals surface area contributed by atoms with E-state index in [1.807, 2.05) is 36.4 Å². The number of hydrogen-bond acceptors (Lipinski definition) is 2. The Labute approximate surface area is 191 Å². The van der Waals surface area contributed by atoms with E-state index in [4.69, 9.17) is 4.43 Å². The Kier molecular flexibility index (Phi) is 7.92. The van der Waals surface area contributed by atoms with E-state index in [1.54, 1.807) is 0 Å². The van der Waals surface area contributed by atoms with E-state index in [9.17, 15) is 4.79 Å². The first-order valence-corrected chi connectivity index (χ1v) is 14.0. The highest BCUT2D eigenvalue weighted by molar-refractivity contribution is 14.1. The van der Waals surface area contributed by atoms with Gasteiger partial charge < -0.3 is 9.74 Å². The lowest BCUT2D eigenvalue weighted by atomic mass is 10.1. The molecule has 0 spiro atoms. The Hall–Kier alpha value is -0.453. The average Bonchev–Trinajstić information content (AvgIpc) is 2.58. The van der Waals surface area contributed by atoms with Crippen LogP contribution < -0.4 is 5.32 Å². The predicted molar refractivity (Wildman–Crippen MR) is 132 cm³/mol. The van der Waals surface area contributed by atoms with Gasteiger partial charge in [-0.1, -0.05) is 51.1 Å². The fourth-order valence-electron chi connectivity index (χ4n) is 2.36. The average molecular weight is 607 g/mol. The molecule has 0 bridgehead atoms. The van der Waals surface area contributed by atoms with Crippen molar-refractivity contribution < 1.29 is 9.22 Å². The van der Waals surface area contributed by atoms with Gasteiger partial charge in [-0.2, -0.15) is 0 Å². The molecular weight excluding hydrogens is 580 g/mol. The minimum absolute atomic E-state index is 0.0662. The summed E-state index contributed by atoms with van der Waals surface area (Å²) in [4.78, 5) is 12.9. The van der Waals surface area contributed by atoms with Gasteiger partial charge in [-0.3, -0.25) is 4.79 Å². The van der Waals surface area contributed by atoms with E-state index < -0.39 is 8.32 Å². The van der Waals surface area contributed by atoms with Crippen molar-refractivity contribution in [3.8, 4) is 0 Å². The predicted octanol–water partition coefficient (Wildman–Crippen LogP) is 6.39. The first kappa shape index (κ1) is 22.8. The Balaban J connectivity index is 2.27. The van der Waals surface area contributed by atoms with Crippen molar-refractivity contribution in [1.29, 1.82) is 0 Å². The second kappa shape index (κ2) is 9.36. The summed E-state index contributed by atoms with van der Waals surface area (Å²) >= 11 is 4.53. The van der Waals surface area contributed by atoms with E-state index in [0.29, 0.717) is 12.2 Å². The normalized spacial score (nSPS) is 13.3. The van der Waals surface area contributed by atoms with Crippen LogP contribution in [0.4, 0.5) is 0 Å². The molecule has 0 fully saturated rings. The summed E-state index contributed by atoms with van der Waals surface area (Å²) in [6, 6.07) is 15.6. The van der Waals surface area contributed by atoms with E-state index in [0.717, 1.165) is 12.7 Å². The fraction of sp³-hybridized carbons (Fsp3) is 0.381. The number of hydrogen-bond donors (Lipinski definition) is 1. The molecule has 0 saturated heterocycles. The van der Waals surface area contributed by atoms with Crippen molar-refractivity contribution in [1.82, 2.24) is 5.32 Å². The quantitative estimate of drug-likeness (QED) is 0.306. The highest BCUT2D eigenvalue weighted by atomic mass is 127. The molecule has 1 amide bonds. The minimum Gasteiger partial charge on any atom is -0.414 e. The van der Waals surface area contributed by atoms with Crippen LogP contribution in [0.25, 0.3) is 0 Å². The zero-order chi connectivity index (χ0) is 20.2. The monoisotopic (exact) mass is 607 g/mol. The third-order valence-electron chi connectivity index (χ3n) is 5.12. The van der Waals surface area contributed by atoms with Gasteiger partial charge in [0.05, 0.1) is 18.2 Å². The van der Waals surface area contributed by atoms with Crippen molar-refractivity contribution >= 4 is 59.4 Å². The van der Waals surface area contributed by atoms with Gasteiger partial charge in [-0.15, -0.1) is 0 Å². The number of nitrogens with one attached hydrogen (secondary N) is 1. The van der Waals surface area contributed by atoms with Gasteiger partial charge in [-0.05, 0) is 87.1 Å². The maximum absolute atomic E-state index is 12.9. The standard InChI is InChI=1S/C21H27I2NO2Si/c1-21(2,3)27(4,5)26-14-19(15-10-6-8-12-17(15)22)24-20(25)16-11-7-9-13-18(16)23/h6-13,19H,14H2,1-5H3,(H,24,25). The van der Waals surface area contributed by atoms with Crippen molar-refractivity contribution in [3.05, 3.63) is 66.8 Å². The summed E-state index contributed by atoms with van der Waals surface area (Å²) in [6.07, 6.45) is 0. The van der Waals surface area contributed by atoms with Crippen LogP contribution in [0.15, 0.2) is 48.5 Å². The first-order chi connectivity index (χ1) is 12.5. The van der Waals surface area contributed by atoms with Crippen molar-refractivity contribution in [2.45, 2.75) is 44.9 Å². The van der Waals surface area contributed by atoms with Crippen LogP contribution in [0, 0.1) is 7.14 Å². The van der Waals surface area contributed by atoms with E-state index in [-0.39, 0.29) is 17.0 Å². The van der Waals surface area contributed by atoms with Gasteiger partial charge in [-0.25, -0.2) is 0 Å². The zero-order valence-corrected chi connectivity index (χ0v) is 21.8. The molecule has 6 heteroatoms. The minimum atomic E-state index is -1.91. The molecule has 1 atom stereocenters. The molecule has 3 nitrogen and oxygen atoms in total. The number of halogens is 2. The summed E-state index contributed by atoms with van der Waals surface area (Å²) < 4.78 is 8.52. The Bertz CT molecular complexity index is 803. The van der Waals surface area contributed by atoms with Crippen LogP contribution in [-0.4, -0.2) is 20.8 Å². The van der Waals surface area contributed by atoms with Crippen molar-refractivity contribution in [2.24, 2.45) is 0 Å². The molecule has 27 heavy (non-hydrogen) atoms. The Morgan fingerprint density at radius 2 is 1.59 bits per heavy atom. The van der Waals surface area contributed by atoms with Gasteiger partial charge in [0.1, 0.15) is 0 Å². The molecule has 0 radical (unpaired) electrons. The topological polar surface area (TPSA) is 38.3 Å². The smallest absolute Gasteiger partial charge is 0.252 e. The van der Waals surface area contributed by atoms with Gasteiger partial charge >= 0.3 is 0 Å². The second-order valence-corrected chi connectivity index (χ2v) is 15.2. The molecule has 1 N–H and O–H groups in total. The third kappa shape index (κ3) is 6.01. The van der Waals surface area contributed by atoms with Crippen molar-refractivity contribution in [2.75, 3.05) is 6.61 Å². The van der Waals surface area contributed by atoms with Crippen LogP contribution in [0.5, 0.6) is 0 Å². The SMILES string of the molecule is CC(C)(C)[Si](C)(C)OCC(NC(=O)c1ccccc1I)c1ccccc1I. The van der Waals surface area contributed by atoms with Crippen LogP contribution >= 0.6 is 45.2 Å². The van der Waals surface area contributed by atoms with E-state index in [2.05, 4.69) is 96.5 Å². The molecule has 0 aliphatic rings. The summed E-state index contributed by atoms with van der Waals surface area (Å²) in [7, 11) is -1.91.